The SMILES string of the molecule is NC1CCCC1C(=O)Nc1ccc(OC(F)F)c(F)c1. The van der Waals surface area contributed by atoms with Gasteiger partial charge in [0, 0.05) is 17.8 Å². The molecule has 1 aromatic carbocycles. The minimum absolute atomic E-state index is 0.188. The summed E-state index contributed by atoms with van der Waals surface area (Å²) in [6.45, 7) is -3.10. The third-order valence-corrected chi connectivity index (χ3v) is 3.32. The van der Waals surface area contributed by atoms with Crippen LogP contribution in [0, 0.1) is 11.7 Å². The van der Waals surface area contributed by atoms with E-state index < -0.39 is 18.2 Å². The van der Waals surface area contributed by atoms with Crippen LogP contribution in [0.5, 0.6) is 5.75 Å². The fraction of sp³-hybridized carbons (Fsp3) is 0.462. The lowest BCUT2D eigenvalue weighted by Gasteiger charge is -2.15. The van der Waals surface area contributed by atoms with E-state index in [1.807, 2.05) is 0 Å². The highest BCUT2D eigenvalue weighted by Gasteiger charge is 2.30. The maximum absolute atomic E-state index is 13.5. The maximum Gasteiger partial charge on any atom is 0.387 e. The van der Waals surface area contributed by atoms with Gasteiger partial charge in [0.1, 0.15) is 0 Å². The lowest BCUT2D eigenvalue weighted by molar-refractivity contribution is -0.120. The van der Waals surface area contributed by atoms with E-state index in [2.05, 4.69) is 10.1 Å². The summed E-state index contributed by atoms with van der Waals surface area (Å²) in [5.41, 5.74) is 5.99. The Morgan fingerprint density at radius 1 is 1.40 bits per heavy atom. The number of alkyl halides is 2. The van der Waals surface area contributed by atoms with Gasteiger partial charge in [-0.2, -0.15) is 8.78 Å². The van der Waals surface area contributed by atoms with Crippen LogP contribution in [0.3, 0.4) is 0 Å². The first-order chi connectivity index (χ1) is 9.47. The van der Waals surface area contributed by atoms with Crippen molar-refractivity contribution in [2.75, 3.05) is 5.32 Å². The number of halogens is 3. The van der Waals surface area contributed by atoms with Crippen LogP contribution < -0.4 is 15.8 Å². The van der Waals surface area contributed by atoms with Crippen molar-refractivity contribution in [2.24, 2.45) is 11.7 Å². The van der Waals surface area contributed by atoms with Crippen molar-refractivity contribution in [3.8, 4) is 5.75 Å². The first-order valence-electron chi connectivity index (χ1n) is 6.28. The third kappa shape index (κ3) is 3.41. The summed E-state index contributed by atoms with van der Waals surface area (Å²) in [6.07, 6.45) is 2.37. The van der Waals surface area contributed by atoms with Crippen molar-refractivity contribution in [1.29, 1.82) is 0 Å². The second kappa shape index (κ2) is 6.13. The average Bonchev–Trinajstić information content (AvgIpc) is 2.78. The molecular formula is C13H15F3N2O2. The van der Waals surface area contributed by atoms with Crippen molar-refractivity contribution in [3.05, 3.63) is 24.0 Å². The summed E-state index contributed by atoms with van der Waals surface area (Å²) in [6, 6.07) is 3.10. The molecule has 1 aromatic rings. The van der Waals surface area contributed by atoms with Gasteiger partial charge in [-0.1, -0.05) is 6.42 Å². The molecule has 7 heteroatoms. The van der Waals surface area contributed by atoms with Crippen molar-refractivity contribution in [1.82, 2.24) is 0 Å². The van der Waals surface area contributed by atoms with Gasteiger partial charge in [-0.25, -0.2) is 4.39 Å². The van der Waals surface area contributed by atoms with Crippen LogP contribution in [-0.2, 0) is 4.79 Å². The summed E-state index contributed by atoms with van der Waals surface area (Å²) >= 11 is 0. The number of anilines is 1. The van der Waals surface area contributed by atoms with Crippen LogP contribution in [0.15, 0.2) is 18.2 Å². The highest BCUT2D eigenvalue weighted by molar-refractivity contribution is 5.93. The van der Waals surface area contributed by atoms with Gasteiger partial charge in [-0.3, -0.25) is 4.79 Å². The molecule has 0 spiro atoms. The molecule has 1 aliphatic carbocycles. The summed E-state index contributed by atoms with van der Waals surface area (Å²) in [5.74, 6) is -2.10. The maximum atomic E-state index is 13.5. The summed E-state index contributed by atoms with van der Waals surface area (Å²) < 4.78 is 41.4. The van der Waals surface area contributed by atoms with Gasteiger partial charge in [-0.15, -0.1) is 0 Å². The number of nitrogens with two attached hydrogens (primary N) is 1. The molecule has 1 aliphatic rings. The Morgan fingerprint density at radius 3 is 2.70 bits per heavy atom. The van der Waals surface area contributed by atoms with Crippen LogP contribution >= 0.6 is 0 Å². The molecule has 1 fully saturated rings. The average molecular weight is 288 g/mol. The molecule has 2 rings (SSSR count). The number of carbonyl (C=O) groups excluding carboxylic acids is 1. The zero-order valence-corrected chi connectivity index (χ0v) is 10.6. The molecule has 2 atom stereocenters. The monoisotopic (exact) mass is 288 g/mol. The van der Waals surface area contributed by atoms with Crippen LogP contribution in [-0.4, -0.2) is 18.6 Å². The van der Waals surface area contributed by atoms with E-state index in [1.54, 1.807) is 0 Å². The van der Waals surface area contributed by atoms with Gasteiger partial charge < -0.3 is 15.8 Å². The lowest BCUT2D eigenvalue weighted by Crippen LogP contribution is -2.34. The van der Waals surface area contributed by atoms with Gasteiger partial charge in [0.05, 0.1) is 5.92 Å². The Hall–Kier alpha value is -1.76. The fourth-order valence-corrected chi connectivity index (χ4v) is 2.32. The molecule has 0 saturated heterocycles. The van der Waals surface area contributed by atoms with Crippen molar-refractivity contribution in [3.63, 3.8) is 0 Å². The molecule has 110 valence electrons. The quantitative estimate of drug-likeness (QED) is 0.894. The number of hydrogen-bond acceptors (Lipinski definition) is 3. The van der Waals surface area contributed by atoms with Crippen molar-refractivity contribution < 1.29 is 22.7 Å². The Morgan fingerprint density at radius 2 is 2.15 bits per heavy atom. The predicted molar refractivity (Wildman–Crippen MR) is 67.0 cm³/mol. The largest absolute Gasteiger partial charge is 0.432 e. The number of carbonyl (C=O) groups is 1. The van der Waals surface area contributed by atoms with Gasteiger partial charge in [0.15, 0.2) is 11.6 Å². The van der Waals surface area contributed by atoms with Crippen molar-refractivity contribution >= 4 is 11.6 Å². The molecule has 2 unspecified atom stereocenters. The standard InChI is InChI=1S/C13H15F3N2O2/c14-9-6-7(4-5-11(9)20-13(15)16)18-12(19)8-2-1-3-10(8)17/h4-6,8,10,13H,1-3,17H2,(H,18,19). The van der Waals surface area contributed by atoms with E-state index in [0.29, 0.717) is 6.42 Å². The Kier molecular flexibility index (Phi) is 4.49. The smallest absolute Gasteiger partial charge is 0.387 e. The number of amides is 1. The molecule has 0 radical (unpaired) electrons. The van der Waals surface area contributed by atoms with Gasteiger partial charge in [0.2, 0.25) is 5.91 Å². The van der Waals surface area contributed by atoms with Crippen LogP contribution in [0.25, 0.3) is 0 Å². The zero-order chi connectivity index (χ0) is 14.7. The molecule has 0 bridgehead atoms. The summed E-state index contributed by atoms with van der Waals surface area (Å²) in [7, 11) is 0. The third-order valence-electron chi connectivity index (χ3n) is 3.32. The molecule has 0 aliphatic heterocycles. The molecule has 0 aromatic heterocycles. The van der Waals surface area contributed by atoms with E-state index in [1.165, 1.54) is 6.07 Å². The molecule has 20 heavy (non-hydrogen) atoms. The predicted octanol–water partition coefficient (Wildman–Crippen LogP) is 2.49. The summed E-state index contributed by atoms with van der Waals surface area (Å²) in [5, 5.41) is 2.53. The number of benzene rings is 1. The molecule has 1 saturated carbocycles. The molecule has 4 nitrogen and oxygen atoms in total. The van der Waals surface area contributed by atoms with Gasteiger partial charge in [0.25, 0.3) is 0 Å². The first-order valence-corrected chi connectivity index (χ1v) is 6.28. The van der Waals surface area contributed by atoms with Crippen molar-refractivity contribution in [2.45, 2.75) is 31.9 Å². The highest BCUT2D eigenvalue weighted by Crippen LogP contribution is 2.27. The second-order valence-electron chi connectivity index (χ2n) is 4.71. The lowest BCUT2D eigenvalue weighted by atomic mass is 10.0. The second-order valence-corrected chi connectivity index (χ2v) is 4.71. The molecular weight excluding hydrogens is 273 g/mol. The number of ether oxygens (including phenoxy) is 1. The van der Waals surface area contributed by atoms with Gasteiger partial charge in [-0.05, 0) is 25.0 Å². The van der Waals surface area contributed by atoms with Crippen LogP contribution in [0.1, 0.15) is 19.3 Å². The topological polar surface area (TPSA) is 64.4 Å². The normalized spacial score (nSPS) is 22.1. The number of nitrogens with one attached hydrogen (secondary N) is 1. The molecule has 3 N–H and O–H groups in total. The van der Waals surface area contributed by atoms with E-state index in [9.17, 15) is 18.0 Å². The van der Waals surface area contributed by atoms with E-state index in [0.717, 1.165) is 25.0 Å². The first kappa shape index (κ1) is 14.6. The Bertz CT molecular complexity index is 497. The number of rotatable bonds is 4. The van der Waals surface area contributed by atoms with E-state index in [4.69, 9.17) is 5.73 Å². The zero-order valence-electron chi connectivity index (χ0n) is 10.6. The fourth-order valence-electron chi connectivity index (χ4n) is 2.32. The van der Waals surface area contributed by atoms with Crippen LogP contribution in [0.2, 0.25) is 0 Å². The Balaban J connectivity index is 2.03. The number of hydrogen-bond donors (Lipinski definition) is 2. The van der Waals surface area contributed by atoms with E-state index >= 15 is 0 Å². The summed E-state index contributed by atoms with van der Waals surface area (Å²) in [4.78, 5) is 11.9. The minimum Gasteiger partial charge on any atom is -0.432 e. The molecule has 0 heterocycles. The Labute approximate surface area is 114 Å². The highest BCUT2D eigenvalue weighted by atomic mass is 19.3. The van der Waals surface area contributed by atoms with E-state index in [-0.39, 0.29) is 23.6 Å². The van der Waals surface area contributed by atoms with Crippen LogP contribution in [0.4, 0.5) is 18.9 Å². The minimum atomic E-state index is -3.10. The molecule has 1 amide bonds. The van der Waals surface area contributed by atoms with Gasteiger partial charge >= 0.3 is 6.61 Å².